The van der Waals surface area contributed by atoms with E-state index in [-0.39, 0.29) is 56.2 Å². The van der Waals surface area contributed by atoms with Crippen LogP contribution in [0.15, 0.2) is 4.47 Å². The van der Waals surface area contributed by atoms with Crippen molar-refractivity contribution in [1.82, 2.24) is 24.5 Å². The van der Waals surface area contributed by atoms with Crippen molar-refractivity contribution in [1.29, 1.82) is 0 Å². The number of nitrogens with zero attached hydrogens (tertiary/aromatic N) is 4. The molecule has 0 aliphatic carbocycles. The zero-order valence-corrected chi connectivity index (χ0v) is 28.4. The molecule has 0 amide bonds. The Hall–Kier alpha value is -1.22. The van der Waals surface area contributed by atoms with Gasteiger partial charge in [0.05, 0.1) is 22.6 Å². The number of ether oxygens (including phenoxy) is 2. The molecule has 5 atom stereocenters. The summed E-state index contributed by atoms with van der Waals surface area (Å²) in [5, 5.41) is 14.1. The van der Waals surface area contributed by atoms with Gasteiger partial charge in [-0.2, -0.15) is 9.97 Å². The van der Waals surface area contributed by atoms with Crippen LogP contribution in [0.2, 0.25) is 5.02 Å². The number of benzene rings is 1. The van der Waals surface area contributed by atoms with Gasteiger partial charge in [0, 0.05) is 43.3 Å². The molecule has 4 heterocycles. The summed E-state index contributed by atoms with van der Waals surface area (Å²) in [6.07, 6.45) is 1.19. The van der Waals surface area contributed by atoms with Crippen molar-refractivity contribution in [2.45, 2.75) is 76.4 Å². The number of hydrogen-bond donors (Lipinski definition) is 2. The Morgan fingerprint density at radius 3 is 2.72 bits per heavy atom. The normalized spacial score (nSPS) is 27.1. The Balaban J connectivity index is 1.23. The number of rotatable bonds is 11. The van der Waals surface area contributed by atoms with Crippen molar-refractivity contribution in [2.24, 2.45) is 11.8 Å². The lowest BCUT2D eigenvalue weighted by Crippen LogP contribution is -2.65. The number of nitrogens with one attached hydrogen (secondary N) is 1. The third-order valence-corrected chi connectivity index (χ3v) is 11.9. The van der Waals surface area contributed by atoms with E-state index in [9.17, 15) is 14.0 Å². The smallest absolute Gasteiger partial charge is 0.320 e. The molecule has 240 valence electrons. The van der Waals surface area contributed by atoms with Crippen LogP contribution in [0.1, 0.15) is 53.9 Å². The summed E-state index contributed by atoms with van der Waals surface area (Å²) in [4.78, 5) is 10.4. The van der Waals surface area contributed by atoms with Crippen LogP contribution in [-0.4, -0.2) is 97.3 Å². The van der Waals surface area contributed by atoms with Crippen molar-refractivity contribution in [3.63, 3.8) is 0 Å². The number of alkyl halides is 1. The van der Waals surface area contributed by atoms with Crippen LogP contribution in [0.25, 0.3) is 10.9 Å². The van der Waals surface area contributed by atoms with Gasteiger partial charge in [-0.1, -0.05) is 25.4 Å². The van der Waals surface area contributed by atoms with E-state index in [1.807, 2.05) is 20.8 Å². The van der Waals surface area contributed by atoms with Gasteiger partial charge in [0.15, 0.2) is 11.6 Å². The van der Waals surface area contributed by atoms with Crippen molar-refractivity contribution in [3.05, 3.63) is 15.3 Å². The first kappa shape index (κ1) is 33.2. The first-order valence-electron chi connectivity index (χ1n) is 14.8. The molecule has 9 nitrogen and oxygen atoms in total. The summed E-state index contributed by atoms with van der Waals surface area (Å²) >= 11 is 8.56. The van der Waals surface area contributed by atoms with E-state index in [0.717, 1.165) is 32.5 Å². The Labute approximate surface area is 268 Å². The summed E-state index contributed by atoms with van der Waals surface area (Å²) in [6, 6.07) is 0.0183. The molecule has 0 radical (unpaired) electrons. The molecule has 5 rings (SSSR count). The highest BCUT2D eigenvalue weighted by Crippen LogP contribution is 2.45. The van der Waals surface area contributed by atoms with Crippen LogP contribution in [0.3, 0.4) is 0 Å². The second-order valence-electron chi connectivity index (χ2n) is 13.2. The molecule has 3 aliphatic heterocycles. The Morgan fingerprint density at radius 1 is 1.28 bits per heavy atom. The third-order valence-electron chi connectivity index (χ3n) is 8.70. The molecule has 43 heavy (non-hydrogen) atoms. The molecule has 0 bridgehead atoms. The number of aromatic nitrogens is 2. The molecule has 0 unspecified atom stereocenters. The molecule has 1 aromatic carbocycles. The van der Waals surface area contributed by atoms with Gasteiger partial charge in [0.2, 0.25) is 5.88 Å². The lowest BCUT2D eigenvalue weighted by Gasteiger charge is -2.51. The molecule has 0 spiro atoms. The molecule has 3 aliphatic rings. The van der Waals surface area contributed by atoms with E-state index in [1.54, 1.807) is 0 Å². The van der Waals surface area contributed by atoms with E-state index < -0.39 is 34.8 Å². The zero-order valence-electron chi connectivity index (χ0n) is 25.3. The molecule has 3 fully saturated rings. The minimum atomic E-state index is -1.06. The molecule has 2 aromatic rings. The molecular weight excluding hydrogens is 668 g/mol. The highest BCUT2D eigenvalue weighted by molar-refractivity contribution is 9.10. The van der Waals surface area contributed by atoms with Gasteiger partial charge in [-0.15, -0.1) is 4.31 Å². The zero-order chi connectivity index (χ0) is 31.3. The van der Waals surface area contributed by atoms with E-state index in [2.05, 4.69) is 54.3 Å². The highest BCUT2D eigenvalue weighted by atomic mass is 79.9. The summed E-state index contributed by atoms with van der Waals surface area (Å²) in [5.41, 5.74) is -0.636. The maximum atomic E-state index is 15.3. The van der Waals surface area contributed by atoms with Crippen LogP contribution in [0, 0.1) is 17.7 Å². The van der Waals surface area contributed by atoms with Gasteiger partial charge in [0.25, 0.3) is 0 Å². The monoisotopic (exact) mass is 707 g/mol. The van der Waals surface area contributed by atoms with Gasteiger partial charge in [-0.25, -0.2) is 8.78 Å². The van der Waals surface area contributed by atoms with Crippen LogP contribution in [0.5, 0.6) is 17.6 Å². The highest BCUT2D eigenvalue weighted by Gasteiger charge is 2.51. The predicted octanol–water partition coefficient (Wildman–Crippen LogP) is 5.23. The lowest BCUT2D eigenvalue weighted by molar-refractivity contribution is 0.0600. The van der Waals surface area contributed by atoms with Crippen LogP contribution >= 0.6 is 27.5 Å². The number of halogens is 4. The first-order valence-corrected chi connectivity index (χ1v) is 17.1. The van der Waals surface area contributed by atoms with Crippen molar-refractivity contribution >= 4 is 49.8 Å². The summed E-state index contributed by atoms with van der Waals surface area (Å²) in [5.74, 6) is -0.532. The van der Waals surface area contributed by atoms with E-state index in [0.29, 0.717) is 31.3 Å². The largest absolute Gasteiger partial charge is 0.597 e. The minimum Gasteiger partial charge on any atom is -0.597 e. The van der Waals surface area contributed by atoms with E-state index in [1.165, 1.54) is 0 Å². The predicted molar refractivity (Wildman–Crippen MR) is 167 cm³/mol. The van der Waals surface area contributed by atoms with E-state index in [4.69, 9.17) is 21.1 Å². The standard InChI is InChI=1S/C29H41BrClF2N5O4S/c1-16(2)24-17(13-38(24)43(40)28(3,4)5)12-34-8-10-41-25-19-23(22(33)20(30)21(25)31)35-27(36-26(19)39)42-15-29-7-6-9-37(29)14-18(32)11-29/h16-18,24,34H,6-15H2,1-5H3,(H,35,36,39)/t17-,18-,24-,29+,43-/m1/s1. The molecular formula is C29H41BrClF2N5O4S. The first-order chi connectivity index (χ1) is 20.2. The Bertz CT molecular complexity index is 1340. The van der Waals surface area contributed by atoms with E-state index >= 15 is 4.39 Å². The molecule has 14 heteroatoms. The molecule has 1 aromatic heterocycles. The van der Waals surface area contributed by atoms with Crippen molar-refractivity contribution in [3.8, 4) is 17.6 Å². The lowest BCUT2D eigenvalue weighted by atomic mass is 9.83. The summed E-state index contributed by atoms with van der Waals surface area (Å²) in [7, 11) is 0. The number of aromatic hydroxyl groups is 1. The van der Waals surface area contributed by atoms with Crippen LogP contribution in [0.4, 0.5) is 8.78 Å². The van der Waals surface area contributed by atoms with Gasteiger partial charge in [0.1, 0.15) is 40.1 Å². The fraction of sp³-hybridized carbons (Fsp3) is 0.724. The molecule has 0 saturated carbocycles. The molecule has 3 saturated heterocycles. The Morgan fingerprint density at radius 2 is 2.02 bits per heavy atom. The van der Waals surface area contributed by atoms with Crippen molar-refractivity contribution < 1.29 is 27.9 Å². The Kier molecular flexibility index (Phi) is 9.93. The molecule has 2 N–H and O–H groups in total. The average molecular weight is 709 g/mol. The summed E-state index contributed by atoms with van der Waals surface area (Å²) < 4.78 is 55.9. The second-order valence-corrected chi connectivity index (χ2v) is 16.6. The van der Waals surface area contributed by atoms with Gasteiger partial charge in [-0.05, 0) is 62.0 Å². The maximum absolute atomic E-state index is 15.3. The fourth-order valence-corrected chi connectivity index (χ4v) is 8.98. The SMILES string of the molecule is CC(C)[C@@H]1[C@H](CNCCOc2c(Cl)c(Br)c(F)c3nc(OC[C@@]45CCCN4C[C@H](F)C5)nc(O)c23)CN1[S@+]([O-])C(C)(C)C. The van der Waals surface area contributed by atoms with Crippen molar-refractivity contribution in [2.75, 3.05) is 45.9 Å². The van der Waals surface area contributed by atoms with Gasteiger partial charge >= 0.3 is 6.01 Å². The maximum Gasteiger partial charge on any atom is 0.320 e. The third kappa shape index (κ3) is 6.55. The second kappa shape index (κ2) is 12.9. The minimum absolute atomic E-state index is 0.0443. The van der Waals surface area contributed by atoms with Crippen LogP contribution in [-0.2, 0) is 11.4 Å². The topological polar surface area (TPSA) is 106 Å². The quantitative estimate of drug-likeness (QED) is 0.184. The fourth-order valence-electron chi connectivity index (χ4n) is 6.72. The van der Waals surface area contributed by atoms with Crippen LogP contribution < -0.4 is 14.8 Å². The van der Waals surface area contributed by atoms with Gasteiger partial charge < -0.3 is 24.4 Å². The number of fused-ring (bicyclic) bond motifs is 2. The summed E-state index contributed by atoms with van der Waals surface area (Å²) in [6.45, 7) is 13.7. The average Bonchev–Trinajstić information content (AvgIpc) is 3.43. The van der Waals surface area contributed by atoms with Gasteiger partial charge in [-0.3, -0.25) is 4.90 Å². The number of hydrogen-bond acceptors (Lipinski definition) is 9.